The van der Waals surface area contributed by atoms with Gasteiger partial charge in [-0.25, -0.2) is 8.78 Å². The lowest BCUT2D eigenvalue weighted by Crippen LogP contribution is -2.40. The van der Waals surface area contributed by atoms with E-state index in [1.165, 1.54) is 6.07 Å². The van der Waals surface area contributed by atoms with E-state index >= 15 is 0 Å². The number of rotatable bonds is 4. The molecule has 1 amide bonds. The normalized spacial score (nSPS) is 13.9. The molecule has 0 bridgehead atoms. The van der Waals surface area contributed by atoms with Gasteiger partial charge >= 0.3 is 0 Å². The molecule has 1 N–H and O–H groups in total. The van der Waals surface area contributed by atoms with Crippen LogP contribution in [0, 0.1) is 11.6 Å². The molecule has 2 rings (SSSR count). The number of amides is 1. The first kappa shape index (κ1) is 13.5. The monoisotopic (exact) mass is 266 g/mol. The molecule has 0 radical (unpaired) electrons. The fourth-order valence-corrected chi connectivity index (χ4v) is 2.31. The number of benzene rings is 1. The fourth-order valence-electron chi connectivity index (χ4n) is 2.31. The molecule has 0 fully saturated rings. The summed E-state index contributed by atoms with van der Waals surface area (Å²) >= 11 is 0. The van der Waals surface area contributed by atoms with Crippen molar-refractivity contribution in [2.75, 3.05) is 24.5 Å². The maximum absolute atomic E-state index is 13.9. The first-order valence-corrected chi connectivity index (χ1v) is 6.22. The molecule has 19 heavy (non-hydrogen) atoms. The third-order valence-electron chi connectivity index (χ3n) is 3.08. The number of nitrogens with zero attached hydrogens (tertiary/aromatic N) is 1. The van der Waals surface area contributed by atoms with Crippen LogP contribution in [0.4, 0.5) is 14.5 Å². The van der Waals surface area contributed by atoms with E-state index in [1.807, 2.05) is 0 Å². The second-order valence-electron chi connectivity index (χ2n) is 4.51. The summed E-state index contributed by atoms with van der Waals surface area (Å²) in [4.78, 5) is 13.3. The minimum Gasteiger partial charge on any atom is -0.360 e. The summed E-state index contributed by atoms with van der Waals surface area (Å²) in [5, 5.41) is 2.65. The Morgan fingerprint density at radius 2 is 2.26 bits per heavy atom. The van der Waals surface area contributed by atoms with Crippen molar-refractivity contribution in [3.63, 3.8) is 0 Å². The lowest BCUT2D eigenvalue weighted by Gasteiger charge is -2.31. The van der Waals surface area contributed by atoms with Crippen molar-refractivity contribution in [2.45, 2.75) is 12.8 Å². The minimum atomic E-state index is -0.605. The lowest BCUT2D eigenvalue weighted by molar-refractivity contribution is -0.119. The second kappa shape index (κ2) is 5.82. The summed E-state index contributed by atoms with van der Waals surface area (Å²) < 4.78 is 27.0. The quantitative estimate of drug-likeness (QED) is 0.846. The number of aryl methyl sites for hydroxylation is 1. The predicted molar refractivity (Wildman–Crippen MR) is 70.1 cm³/mol. The molecule has 1 heterocycles. The largest absolute Gasteiger partial charge is 0.360 e. The van der Waals surface area contributed by atoms with Crippen LogP contribution in [-0.2, 0) is 11.2 Å². The van der Waals surface area contributed by atoms with Gasteiger partial charge in [-0.1, -0.05) is 6.08 Å². The zero-order chi connectivity index (χ0) is 13.8. The molecule has 0 saturated heterocycles. The van der Waals surface area contributed by atoms with Gasteiger partial charge in [0.15, 0.2) is 0 Å². The van der Waals surface area contributed by atoms with E-state index in [0.717, 1.165) is 12.5 Å². The van der Waals surface area contributed by atoms with Gasteiger partial charge in [0.1, 0.15) is 11.6 Å². The highest BCUT2D eigenvalue weighted by molar-refractivity contribution is 5.82. The molecule has 0 atom stereocenters. The lowest BCUT2D eigenvalue weighted by atomic mass is 10.0. The van der Waals surface area contributed by atoms with Gasteiger partial charge in [0.05, 0.1) is 12.2 Å². The van der Waals surface area contributed by atoms with Crippen LogP contribution >= 0.6 is 0 Å². The van der Waals surface area contributed by atoms with Crippen LogP contribution in [0.15, 0.2) is 24.8 Å². The van der Waals surface area contributed by atoms with Crippen molar-refractivity contribution in [3.8, 4) is 0 Å². The van der Waals surface area contributed by atoms with E-state index in [-0.39, 0.29) is 12.5 Å². The maximum Gasteiger partial charge on any atom is 0.239 e. The zero-order valence-electron chi connectivity index (χ0n) is 10.6. The van der Waals surface area contributed by atoms with Crippen LogP contribution in [0.25, 0.3) is 0 Å². The summed E-state index contributed by atoms with van der Waals surface area (Å²) in [6, 6.07) is 2.20. The number of hydrogen-bond donors (Lipinski definition) is 1. The predicted octanol–water partition coefficient (Wildman–Crippen LogP) is 2.02. The summed E-state index contributed by atoms with van der Waals surface area (Å²) in [6.07, 6.45) is 3.00. The van der Waals surface area contributed by atoms with Crippen LogP contribution in [0.5, 0.6) is 0 Å². The van der Waals surface area contributed by atoms with Crippen molar-refractivity contribution in [1.29, 1.82) is 0 Å². The maximum atomic E-state index is 13.9. The molecule has 0 unspecified atom stereocenters. The van der Waals surface area contributed by atoms with Crippen molar-refractivity contribution in [3.05, 3.63) is 42.0 Å². The molecule has 0 aliphatic carbocycles. The van der Waals surface area contributed by atoms with Crippen LogP contribution in [-0.4, -0.2) is 25.5 Å². The van der Waals surface area contributed by atoms with E-state index in [2.05, 4.69) is 11.9 Å². The Bertz CT molecular complexity index is 502. The van der Waals surface area contributed by atoms with Gasteiger partial charge < -0.3 is 10.2 Å². The molecule has 0 saturated carbocycles. The smallest absolute Gasteiger partial charge is 0.239 e. The van der Waals surface area contributed by atoms with E-state index < -0.39 is 11.6 Å². The molecule has 1 aromatic carbocycles. The number of halogens is 2. The summed E-state index contributed by atoms with van der Waals surface area (Å²) in [7, 11) is 0. The van der Waals surface area contributed by atoms with Crippen LogP contribution < -0.4 is 10.2 Å². The molecule has 1 aromatic rings. The summed E-state index contributed by atoms with van der Waals surface area (Å²) in [6.45, 7) is 4.56. The summed E-state index contributed by atoms with van der Waals surface area (Å²) in [5.41, 5.74) is 0.974. The number of hydrogen-bond acceptors (Lipinski definition) is 2. The topological polar surface area (TPSA) is 32.3 Å². The minimum absolute atomic E-state index is 0.0728. The number of anilines is 1. The molecule has 102 valence electrons. The molecular formula is C14H16F2N2O. The van der Waals surface area contributed by atoms with Crippen molar-refractivity contribution in [2.24, 2.45) is 0 Å². The second-order valence-corrected chi connectivity index (χ2v) is 4.51. The average molecular weight is 266 g/mol. The first-order chi connectivity index (χ1) is 9.11. The van der Waals surface area contributed by atoms with E-state index in [9.17, 15) is 13.6 Å². The van der Waals surface area contributed by atoms with E-state index in [4.69, 9.17) is 0 Å². The van der Waals surface area contributed by atoms with Gasteiger partial charge in [0.2, 0.25) is 5.91 Å². The zero-order valence-corrected chi connectivity index (χ0v) is 10.6. The fraction of sp³-hybridized carbons (Fsp3) is 0.357. The molecule has 5 heteroatoms. The third kappa shape index (κ3) is 3.10. The third-order valence-corrected chi connectivity index (χ3v) is 3.08. The molecule has 0 spiro atoms. The van der Waals surface area contributed by atoms with Gasteiger partial charge in [-0.3, -0.25) is 4.79 Å². The first-order valence-electron chi connectivity index (χ1n) is 6.22. The van der Waals surface area contributed by atoms with Gasteiger partial charge in [-0.05, 0) is 24.5 Å². The Labute approximate surface area is 110 Å². The number of carbonyl (C=O) groups is 1. The van der Waals surface area contributed by atoms with Crippen LogP contribution in [0.3, 0.4) is 0 Å². The SMILES string of the molecule is C=CCNC(=O)CN1CCCc2cc(F)cc(F)c21. The number of fused-ring (bicyclic) bond motifs is 1. The number of nitrogens with one attached hydrogen (secondary N) is 1. The van der Waals surface area contributed by atoms with Gasteiger partial charge in [-0.2, -0.15) is 0 Å². The van der Waals surface area contributed by atoms with Crippen molar-refractivity contribution in [1.82, 2.24) is 5.32 Å². The van der Waals surface area contributed by atoms with Gasteiger partial charge in [0, 0.05) is 19.2 Å². The Kier molecular flexibility index (Phi) is 4.14. The standard InChI is InChI=1S/C14H16F2N2O/c1-2-5-17-13(19)9-18-6-3-4-10-7-11(15)8-12(16)14(10)18/h2,7-8H,1,3-6,9H2,(H,17,19). The number of carbonyl (C=O) groups excluding carboxylic acids is 1. The van der Waals surface area contributed by atoms with E-state index in [0.29, 0.717) is 30.8 Å². The molecular weight excluding hydrogens is 250 g/mol. The Hall–Kier alpha value is -1.91. The van der Waals surface area contributed by atoms with Crippen molar-refractivity contribution < 1.29 is 13.6 Å². The van der Waals surface area contributed by atoms with Crippen LogP contribution in [0.2, 0.25) is 0 Å². The van der Waals surface area contributed by atoms with Crippen LogP contribution in [0.1, 0.15) is 12.0 Å². The molecule has 1 aliphatic rings. The van der Waals surface area contributed by atoms with Gasteiger partial charge in [-0.15, -0.1) is 6.58 Å². The Morgan fingerprint density at radius 1 is 1.47 bits per heavy atom. The Balaban J connectivity index is 2.18. The Morgan fingerprint density at radius 3 is 3.00 bits per heavy atom. The highest BCUT2D eigenvalue weighted by Crippen LogP contribution is 2.30. The molecule has 0 aromatic heterocycles. The average Bonchev–Trinajstić information content (AvgIpc) is 2.35. The van der Waals surface area contributed by atoms with Crippen molar-refractivity contribution >= 4 is 11.6 Å². The molecule has 1 aliphatic heterocycles. The molecule has 3 nitrogen and oxygen atoms in total. The summed E-state index contributed by atoms with van der Waals surface area (Å²) in [5.74, 6) is -1.38. The highest BCUT2D eigenvalue weighted by Gasteiger charge is 2.23. The highest BCUT2D eigenvalue weighted by atomic mass is 19.1. The van der Waals surface area contributed by atoms with E-state index in [1.54, 1.807) is 11.0 Å². The van der Waals surface area contributed by atoms with Gasteiger partial charge in [0.25, 0.3) is 0 Å².